The molecule has 1 unspecified atom stereocenters. The zero-order chi connectivity index (χ0) is 15.1. The molecule has 0 aromatic heterocycles. The van der Waals surface area contributed by atoms with E-state index in [-0.39, 0.29) is 12.4 Å². The molecule has 21 heavy (non-hydrogen) atoms. The number of halogens is 1. The van der Waals surface area contributed by atoms with Crippen LogP contribution in [0, 0.1) is 12.7 Å². The first-order chi connectivity index (χ1) is 10.1. The number of hydrogen-bond acceptors (Lipinski definition) is 3. The van der Waals surface area contributed by atoms with Crippen molar-refractivity contribution in [2.45, 2.75) is 19.6 Å². The molecule has 0 aliphatic heterocycles. The highest BCUT2D eigenvalue weighted by Gasteiger charge is 2.06. The topological polar surface area (TPSA) is 41.5 Å². The van der Waals surface area contributed by atoms with Crippen molar-refractivity contribution < 1.29 is 14.2 Å². The molecule has 0 fully saturated rings. The second-order valence-electron chi connectivity index (χ2n) is 5.00. The van der Waals surface area contributed by atoms with E-state index in [1.807, 2.05) is 31.2 Å². The van der Waals surface area contributed by atoms with Gasteiger partial charge in [-0.3, -0.25) is 0 Å². The Morgan fingerprint density at radius 2 is 1.86 bits per heavy atom. The van der Waals surface area contributed by atoms with E-state index in [9.17, 15) is 9.50 Å². The first-order valence-electron chi connectivity index (χ1n) is 6.97. The van der Waals surface area contributed by atoms with Crippen molar-refractivity contribution in [1.29, 1.82) is 0 Å². The highest BCUT2D eigenvalue weighted by Crippen LogP contribution is 2.11. The molecule has 0 aliphatic rings. The number of aryl methyl sites for hydroxylation is 1. The van der Waals surface area contributed by atoms with E-state index in [1.54, 1.807) is 18.2 Å². The van der Waals surface area contributed by atoms with E-state index in [0.717, 1.165) is 11.3 Å². The van der Waals surface area contributed by atoms with Crippen LogP contribution in [0.25, 0.3) is 0 Å². The lowest BCUT2D eigenvalue weighted by molar-refractivity contribution is 0.106. The number of hydrogen-bond donors (Lipinski definition) is 2. The van der Waals surface area contributed by atoms with Crippen LogP contribution < -0.4 is 10.1 Å². The van der Waals surface area contributed by atoms with Gasteiger partial charge in [-0.15, -0.1) is 0 Å². The zero-order valence-electron chi connectivity index (χ0n) is 12.1. The van der Waals surface area contributed by atoms with E-state index >= 15 is 0 Å². The lowest BCUT2D eigenvalue weighted by atomic mass is 10.2. The van der Waals surface area contributed by atoms with Gasteiger partial charge in [-0.25, -0.2) is 4.39 Å². The highest BCUT2D eigenvalue weighted by atomic mass is 19.1. The summed E-state index contributed by atoms with van der Waals surface area (Å²) in [5.74, 6) is 0.490. The summed E-state index contributed by atoms with van der Waals surface area (Å²) in [7, 11) is 0. The van der Waals surface area contributed by atoms with Gasteiger partial charge < -0.3 is 15.2 Å². The predicted octanol–water partition coefficient (Wildman–Crippen LogP) is 2.66. The average molecular weight is 289 g/mol. The van der Waals surface area contributed by atoms with Crippen LogP contribution >= 0.6 is 0 Å². The number of aliphatic hydroxyl groups excluding tert-OH is 1. The Hall–Kier alpha value is -1.91. The molecule has 2 aromatic carbocycles. The summed E-state index contributed by atoms with van der Waals surface area (Å²) >= 11 is 0. The molecule has 2 aromatic rings. The van der Waals surface area contributed by atoms with Gasteiger partial charge in [0, 0.05) is 18.7 Å². The summed E-state index contributed by atoms with van der Waals surface area (Å²) in [6.45, 7) is 2.94. The van der Waals surface area contributed by atoms with E-state index in [1.165, 1.54) is 6.07 Å². The maximum Gasteiger partial charge on any atom is 0.127 e. The standard InChI is InChI=1S/C17H20FNO2/c1-13-6-8-16(9-7-13)21-12-15(20)11-19-10-14-4-2-3-5-17(14)18/h2-9,15,19-20H,10-12H2,1H3. The summed E-state index contributed by atoms with van der Waals surface area (Å²) in [6.07, 6.45) is -0.641. The van der Waals surface area contributed by atoms with E-state index in [4.69, 9.17) is 4.74 Å². The Bertz CT molecular complexity index is 557. The maximum absolute atomic E-state index is 13.4. The minimum atomic E-state index is -0.641. The van der Waals surface area contributed by atoms with Crippen LogP contribution in [0.15, 0.2) is 48.5 Å². The third-order valence-corrected chi connectivity index (χ3v) is 3.12. The van der Waals surface area contributed by atoms with Crippen LogP contribution in [0.3, 0.4) is 0 Å². The molecular weight excluding hydrogens is 269 g/mol. The van der Waals surface area contributed by atoms with Crippen molar-refractivity contribution in [2.24, 2.45) is 0 Å². The van der Waals surface area contributed by atoms with Gasteiger partial charge in [-0.05, 0) is 25.1 Å². The van der Waals surface area contributed by atoms with Gasteiger partial charge in [-0.2, -0.15) is 0 Å². The molecule has 4 heteroatoms. The molecule has 112 valence electrons. The van der Waals surface area contributed by atoms with E-state index in [0.29, 0.717) is 18.7 Å². The van der Waals surface area contributed by atoms with E-state index < -0.39 is 6.10 Å². The van der Waals surface area contributed by atoms with Gasteiger partial charge in [0.15, 0.2) is 0 Å². The monoisotopic (exact) mass is 289 g/mol. The largest absolute Gasteiger partial charge is 0.491 e. The third kappa shape index (κ3) is 5.17. The molecule has 0 amide bonds. The quantitative estimate of drug-likeness (QED) is 0.823. The average Bonchev–Trinajstić information content (AvgIpc) is 2.49. The van der Waals surface area contributed by atoms with Crippen LogP contribution in [0.1, 0.15) is 11.1 Å². The minimum absolute atomic E-state index is 0.202. The van der Waals surface area contributed by atoms with Gasteiger partial charge in [-0.1, -0.05) is 35.9 Å². The molecule has 3 nitrogen and oxygen atoms in total. The Morgan fingerprint density at radius 3 is 2.57 bits per heavy atom. The highest BCUT2D eigenvalue weighted by molar-refractivity contribution is 5.26. The van der Waals surface area contributed by atoms with Crippen LogP contribution in [0.4, 0.5) is 4.39 Å². The molecule has 2 N–H and O–H groups in total. The molecule has 0 saturated carbocycles. The lowest BCUT2D eigenvalue weighted by Gasteiger charge is -2.13. The Labute approximate surface area is 124 Å². The second-order valence-corrected chi connectivity index (χ2v) is 5.00. The molecule has 2 rings (SSSR count). The number of aliphatic hydroxyl groups is 1. The minimum Gasteiger partial charge on any atom is -0.491 e. The summed E-state index contributed by atoms with van der Waals surface area (Å²) in [5, 5.41) is 12.8. The summed E-state index contributed by atoms with van der Waals surface area (Å²) in [6, 6.07) is 14.2. The van der Waals surface area contributed by atoms with Crippen LogP contribution in [-0.4, -0.2) is 24.4 Å². The van der Waals surface area contributed by atoms with Gasteiger partial charge in [0.25, 0.3) is 0 Å². The lowest BCUT2D eigenvalue weighted by Crippen LogP contribution is -2.31. The summed E-state index contributed by atoms with van der Waals surface area (Å²) in [4.78, 5) is 0. The molecule has 0 aliphatic carbocycles. The van der Waals surface area contributed by atoms with Crippen molar-refractivity contribution >= 4 is 0 Å². The molecule has 0 heterocycles. The van der Waals surface area contributed by atoms with Gasteiger partial charge in [0.2, 0.25) is 0 Å². The Balaban J connectivity index is 1.69. The number of ether oxygens (including phenoxy) is 1. The van der Waals surface area contributed by atoms with Gasteiger partial charge in [0.1, 0.15) is 24.3 Å². The van der Waals surface area contributed by atoms with Crippen molar-refractivity contribution in [1.82, 2.24) is 5.32 Å². The van der Waals surface area contributed by atoms with Crippen LogP contribution in [0.2, 0.25) is 0 Å². The molecule has 0 saturated heterocycles. The molecule has 0 bridgehead atoms. The maximum atomic E-state index is 13.4. The first-order valence-corrected chi connectivity index (χ1v) is 6.97. The number of benzene rings is 2. The van der Waals surface area contributed by atoms with Crippen molar-refractivity contribution in [3.8, 4) is 5.75 Å². The van der Waals surface area contributed by atoms with Gasteiger partial charge >= 0.3 is 0 Å². The summed E-state index contributed by atoms with van der Waals surface area (Å²) in [5.41, 5.74) is 1.75. The number of rotatable bonds is 7. The second kappa shape index (κ2) is 7.76. The van der Waals surface area contributed by atoms with Crippen molar-refractivity contribution in [3.05, 3.63) is 65.5 Å². The van der Waals surface area contributed by atoms with Crippen LogP contribution in [-0.2, 0) is 6.54 Å². The van der Waals surface area contributed by atoms with Crippen molar-refractivity contribution in [3.63, 3.8) is 0 Å². The van der Waals surface area contributed by atoms with Crippen LogP contribution in [0.5, 0.6) is 5.75 Å². The fourth-order valence-corrected chi connectivity index (χ4v) is 1.90. The molecule has 1 atom stereocenters. The molecule has 0 radical (unpaired) electrons. The third-order valence-electron chi connectivity index (χ3n) is 3.12. The molecule has 0 spiro atoms. The first kappa shape index (κ1) is 15.5. The molecular formula is C17H20FNO2. The van der Waals surface area contributed by atoms with Gasteiger partial charge in [0.05, 0.1) is 0 Å². The number of nitrogens with one attached hydrogen (secondary N) is 1. The Kier molecular flexibility index (Phi) is 5.72. The fourth-order valence-electron chi connectivity index (χ4n) is 1.90. The predicted molar refractivity (Wildman–Crippen MR) is 80.8 cm³/mol. The van der Waals surface area contributed by atoms with E-state index in [2.05, 4.69) is 5.32 Å². The summed E-state index contributed by atoms with van der Waals surface area (Å²) < 4.78 is 18.9. The fraction of sp³-hybridized carbons (Fsp3) is 0.294. The Morgan fingerprint density at radius 1 is 1.14 bits per heavy atom. The zero-order valence-corrected chi connectivity index (χ0v) is 12.1. The van der Waals surface area contributed by atoms with Crippen molar-refractivity contribution in [2.75, 3.05) is 13.2 Å². The SMILES string of the molecule is Cc1ccc(OCC(O)CNCc2ccccc2F)cc1. The smallest absolute Gasteiger partial charge is 0.127 e. The normalized spacial score (nSPS) is 12.1.